The second-order valence-corrected chi connectivity index (χ2v) is 9.40. The van der Waals surface area contributed by atoms with E-state index in [4.69, 9.17) is 15.5 Å². The number of fused-ring (bicyclic) bond motifs is 1. The summed E-state index contributed by atoms with van der Waals surface area (Å²) in [5.41, 5.74) is 1.37. The van der Waals surface area contributed by atoms with Gasteiger partial charge in [-0.15, -0.1) is 0 Å². The fraction of sp³-hybridized carbons (Fsp3) is 0.696. The molecule has 0 bridgehead atoms. The fourth-order valence-electron chi connectivity index (χ4n) is 5.21. The predicted octanol–water partition coefficient (Wildman–Crippen LogP) is 4.72. The molecule has 2 aromatic rings. The Hall–Kier alpha value is -2.71. The number of aromatic nitrogens is 4. The Morgan fingerprint density at radius 3 is 2.38 bits per heavy atom. The van der Waals surface area contributed by atoms with E-state index in [1.165, 1.54) is 51.4 Å². The Bertz CT molecular complexity index is 992. The van der Waals surface area contributed by atoms with Crippen molar-refractivity contribution in [3.63, 3.8) is 0 Å². The second-order valence-electron chi connectivity index (χ2n) is 9.40. The zero-order valence-electron chi connectivity index (χ0n) is 19.3. The van der Waals surface area contributed by atoms with Crippen LogP contribution in [0.15, 0.2) is 0 Å². The van der Waals surface area contributed by atoms with Crippen molar-refractivity contribution in [2.45, 2.75) is 90.6 Å². The van der Waals surface area contributed by atoms with Crippen LogP contribution in [0.5, 0.6) is 0 Å². The predicted molar refractivity (Wildman–Crippen MR) is 124 cm³/mol. The zero-order chi connectivity index (χ0) is 22.8. The molecule has 0 radical (unpaired) electrons. The Balaban J connectivity index is 1.78. The monoisotopic (exact) mass is 441 g/mol. The van der Waals surface area contributed by atoms with E-state index in [-0.39, 0.29) is 17.7 Å². The number of amidine groups is 1. The molecule has 1 amide bonds. The van der Waals surface area contributed by atoms with Crippen molar-refractivity contribution in [1.29, 1.82) is 5.41 Å². The van der Waals surface area contributed by atoms with Crippen LogP contribution in [0.1, 0.15) is 89.7 Å². The van der Waals surface area contributed by atoms with Crippen LogP contribution in [-0.4, -0.2) is 42.6 Å². The molecule has 9 heteroatoms. The molecule has 9 nitrogen and oxygen atoms in total. The number of anilines is 1. The summed E-state index contributed by atoms with van der Waals surface area (Å²) in [6, 6.07) is 0.232. The lowest BCUT2D eigenvalue weighted by molar-refractivity contribution is 0.200. The van der Waals surface area contributed by atoms with Gasteiger partial charge in [-0.3, -0.25) is 10.7 Å². The van der Waals surface area contributed by atoms with Crippen LogP contribution in [0, 0.1) is 17.2 Å². The first kappa shape index (κ1) is 22.5. The molecule has 174 valence electrons. The number of nitrogens with one attached hydrogen (secondary N) is 3. The smallest absolute Gasteiger partial charge is 0.410 e. The first-order valence-electron chi connectivity index (χ1n) is 12.0. The van der Waals surface area contributed by atoms with Crippen molar-refractivity contribution >= 4 is 28.9 Å². The van der Waals surface area contributed by atoms with Gasteiger partial charge in [0.05, 0.1) is 0 Å². The molecular weight excluding hydrogens is 406 g/mol. The number of nitrogens with zero attached hydrogens (tertiary/aromatic N) is 4. The normalized spacial score (nSPS) is 19.3. The molecule has 0 spiro atoms. The third-order valence-electron chi connectivity index (χ3n) is 7.39. The van der Waals surface area contributed by atoms with E-state index in [1.54, 1.807) is 0 Å². The number of hydrogen-bond acceptors (Lipinski definition) is 6. The molecule has 2 atom stereocenters. The van der Waals surface area contributed by atoms with Crippen LogP contribution in [0.25, 0.3) is 11.2 Å². The van der Waals surface area contributed by atoms with Crippen molar-refractivity contribution in [2.24, 2.45) is 11.8 Å². The van der Waals surface area contributed by atoms with E-state index in [2.05, 4.69) is 45.9 Å². The standard InChI is InChI=1S/C23H35N7O2/c1-4-30-17-19(25-14(3)16-11-8-12-16)27-21(18(24)26-23(31)32)28-20(17)29-22(30)13(2)15-9-6-5-7-10-15/h13-16H,4-12H2,1-3H3,(H2,24,26)(H,31,32)(H,25,27,28)/t13?,14-/m1/s1. The average molecular weight is 442 g/mol. The number of carbonyl (C=O) groups is 1. The number of aryl methyl sites for hydroxylation is 1. The molecule has 32 heavy (non-hydrogen) atoms. The topological polar surface area (TPSA) is 129 Å². The SMILES string of the molecule is CCn1c(C(C)C2CCCCC2)nc2nc(C(=N)NC(=O)O)nc(N[C@H](C)C3CCC3)c21. The first-order valence-corrected chi connectivity index (χ1v) is 12.0. The fourth-order valence-corrected chi connectivity index (χ4v) is 5.21. The molecule has 2 fully saturated rings. The minimum absolute atomic E-state index is 0.0424. The molecule has 4 rings (SSSR count). The summed E-state index contributed by atoms with van der Waals surface area (Å²) in [6.07, 6.45) is 8.65. The van der Waals surface area contributed by atoms with Crippen LogP contribution < -0.4 is 10.6 Å². The highest BCUT2D eigenvalue weighted by atomic mass is 16.4. The van der Waals surface area contributed by atoms with Crippen LogP contribution in [0.4, 0.5) is 10.6 Å². The molecule has 2 aliphatic rings. The van der Waals surface area contributed by atoms with E-state index in [9.17, 15) is 4.79 Å². The maximum absolute atomic E-state index is 11.1. The second kappa shape index (κ2) is 9.42. The van der Waals surface area contributed by atoms with Gasteiger partial charge in [0.2, 0.25) is 0 Å². The highest BCUT2D eigenvalue weighted by molar-refractivity contribution is 6.03. The number of rotatable bonds is 7. The summed E-state index contributed by atoms with van der Waals surface area (Å²) < 4.78 is 2.21. The van der Waals surface area contributed by atoms with Gasteiger partial charge in [0, 0.05) is 18.5 Å². The highest BCUT2D eigenvalue weighted by Crippen LogP contribution is 2.38. The molecule has 0 aliphatic heterocycles. The van der Waals surface area contributed by atoms with Crippen molar-refractivity contribution in [3.05, 3.63) is 11.6 Å². The maximum atomic E-state index is 11.1. The van der Waals surface area contributed by atoms with Crippen LogP contribution in [-0.2, 0) is 6.54 Å². The molecule has 2 heterocycles. The van der Waals surface area contributed by atoms with Gasteiger partial charge in [0.15, 0.2) is 23.1 Å². The lowest BCUT2D eigenvalue weighted by atomic mass is 9.80. The van der Waals surface area contributed by atoms with Gasteiger partial charge < -0.3 is 15.0 Å². The number of carboxylic acid groups (broad SMARTS) is 1. The van der Waals surface area contributed by atoms with E-state index in [1.807, 2.05) is 0 Å². The number of hydrogen-bond donors (Lipinski definition) is 4. The summed E-state index contributed by atoms with van der Waals surface area (Å²) in [4.78, 5) is 25.1. The molecule has 2 aliphatic carbocycles. The van der Waals surface area contributed by atoms with Gasteiger partial charge in [-0.1, -0.05) is 32.6 Å². The van der Waals surface area contributed by atoms with E-state index in [0.29, 0.717) is 29.2 Å². The highest BCUT2D eigenvalue weighted by Gasteiger charge is 2.30. The maximum Gasteiger partial charge on any atom is 0.410 e. The van der Waals surface area contributed by atoms with Gasteiger partial charge in [0.1, 0.15) is 11.3 Å². The lowest BCUT2D eigenvalue weighted by Gasteiger charge is -2.32. The van der Waals surface area contributed by atoms with Crippen LogP contribution in [0.2, 0.25) is 0 Å². The Morgan fingerprint density at radius 1 is 1.09 bits per heavy atom. The molecule has 2 aromatic heterocycles. The van der Waals surface area contributed by atoms with E-state index < -0.39 is 6.09 Å². The number of amides is 1. The van der Waals surface area contributed by atoms with Crippen LogP contribution in [0.3, 0.4) is 0 Å². The molecule has 4 N–H and O–H groups in total. The van der Waals surface area contributed by atoms with Gasteiger partial charge in [-0.25, -0.2) is 19.7 Å². The molecule has 0 aromatic carbocycles. The summed E-state index contributed by atoms with van der Waals surface area (Å²) in [6.45, 7) is 7.29. The van der Waals surface area contributed by atoms with E-state index in [0.717, 1.165) is 17.9 Å². The third-order valence-corrected chi connectivity index (χ3v) is 7.39. The van der Waals surface area contributed by atoms with Crippen molar-refractivity contribution < 1.29 is 9.90 Å². The van der Waals surface area contributed by atoms with Crippen molar-refractivity contribution in [3.8, 4) is 0 Å². The summed E-state index contributed by atoms with van der Waals surface area (Å²) in [7, 11) is 0. The minimum atomic E-state index is -1.30. The van der Waals surface area contributed by atoms with Gasteiger partial charge in [-0.2, -0.15) is 0 Å². The van der Waals surface area contributed by atoms with E-state index >= 15 is 0 Å². The Kier molecular flexibility index (Phi) is 6.62. The van der Waals surface area contributed by atoms with Gasteiger partial charge in [0.25, 0.3) is 0 Å². The quantitative estimate of drug-likeness (QED) is 0.363. The molecule has 2 saturated carbocycles. The largest absolute Gasteiger partial charge is 0.465 e. The number of imidazole rings is 1. The lowest BCUT2D eigenvalue weighted by Crippen LogP contribution is -2.33. The Labute approximate surface area is 188 Å². The van der Waals surface area contributed by atoms with Crippen molar-refractivity contribution in [2.75, 3.05) is 5.32 Å². The first-order chi connectivity index (χ1) is 15.4. The van der Waals surface area contributed by atoms with Crippen molar-refractivity contribution in [1.82, 2.24) is 24.8 Å². The summed E-state index contributed by atoms with van der Waals surface area (Å²) in [5, 5.41) is 22.8. The van der Waals surface area contributed by atoms with Crippen LogP contribution >= 0.6 is 0 Å². The Morgan fingerprint density at radius 2 is 1.78 bits per heavy atom. The van der Waals surface area contributed by atoms with Gasteiger partial charge >= 0.3 is 6.09 Å². The molecule has 0 saturated heterocycles. The zero-order valence-corrected chi connectivity index (χ0v) is 19.3. The average Bonchev–Trinajstić information content (AvgIpc) is 3.10. The summed E-state index contributed by atoms with van der Waals surface area (Å²) in [5.74, 6) is 2.86. The summed E-state index contributed by atoms with van der Waals surface area (Å²) >= 11 is 0. The minimum Gasteiger partial charge on any atom is -0.465 e. The molecule has 1 unspecified atom stereocenters. The third kappa shape index (κ3) is 4.42. The van der Waals surface area contributed by atoms with Gasteiger partial charge in [-0.05, 0) is 51.4 Å². The molecular formula is C23H35N7O2.